The first kappa shape index (κ1) is 17.0. The number of methoxy groups -OCH3 is 1. The number of thiocarbonyl (C=S) groups is 1. The summed E-state index contributed by atoms with van der Waals surface area (Å²) in [5.41, 5.74) is 9.20. The van der Waals surface area contributed by atoms with Crippen LogP contribution >= 0.6 is 12.2 Å². The highest BCUT2D eigenvalue weighted by Gasteiger charge is 2.09. The Bertz CT molecular complexity index is 814. The van der Waals surface area contributed by atoms with Gasteiger partial charge in [-0.15, -0.1) is 0 Å². The van der Waals surface area contributed by atoms with Gasteiger partial charge >= 0.3 is 0 Å². The van der Waals surface area contributed by atoms with Gasteiger partial charge in [-0.2, -0.15) is 5.10 Å². The van der Waals surface area contributed by atoms with Crippen molar-refractivity contribution in [3.63, 3.8) is 0 Å². The van der Waals surface area contributed by atoms with Crippen LogP contribution in [0, 0.1) is 0 Å². The molecule has 0 atom stereocenters. The Balaban J connectivity index is 1.69. The number of benzene rings is 2. The molecule has 1 heterocycles. The molecule has 128 valence electrons. The van der Waals surface area contributed by atoms with Crippen LogP contribution in [0.15, 0.2) is 67.0 Å². The van der Waals surface area contributed by atoms with E-state index in [0.717, 1.165) is 22.6 Å². The molecule has 0 amide bonds. The third-order valence-corrected chi connectivity index (χ3v) is 4.18. The second kappa shape index (κ2) is 7.81. The molecule has 0 fully saturated rings. The van der Waals surface area contributed by atoms with Crippen LogP contribution in [0.25, 0.3) is 5.69 Å². The number of nitrogens with zero attached hydrogens (tertiary/aromatic N) is 3. The van der Waals surface area contributed by atoms with Crippen LogP contribution < -0.4 is 10.5 Å². The first-order valence-corrected chi connectivity index (χ1v) is 8.33. The molecule has 0 saturated heterocycles. The van der Waals surface area contributed by atoms with Gasteiger partial charge in [-0.1, -0.05) is 24.3 Å². The predicted molar refractivity (Wildman–Crippen MR) is 103 cm³/mol. The summed E-state index contributed by atoms with van der Waals surface area (Å²) < 4.78 is 7.01. The van der Waals surface area contributed by atoms with E-state index < -0.39 is 0 Å². The standard InChI is InChI=1S/C19H20N4OS/c1-24-18-9-5-16(6-10-18)14-22(19(20)25)13-15-3-7-17(8-4-15)23-12-2-11-21-23/h2-12H,13-14H2,1H3,(H2,20,25). The SMILES string of the molecule is COc1ccc(CN(Cc2ccc(-n3cccn3)cc2)C(N)=S)cc1. The van der Waals surface area contributed by atoms with Crippen molar-refractivity contribution in [1.29, 1.82) is 0 Å². The zero-order valence-electron chi connectivity index (χ0n) is 14.0. The first-order valence-electron chi connectivity index (χ1n) is 7.92. The number of nitrogens with two attached hydrogens (primary N) is 1. The van der Waals surface area contributed by atoms with Gasteiger partial charge in [0, 0.05) is 25.5 Å². The van der Waals surface area contributed by atoms with Gasteiger partial charge in [-0.3, -0.25) is 0 Å². The predicted octanol–water partition coefficient (Wildman–Crippen LogP) is 3.13. The summed E-state index contributed by atoms with van der Waals surface area (Å²) in [4.78, 5) is 1.97. The summed E-state index contributed by atoms with van der Waals surface area (Å²) in [5.74, 6) is 0.833. The van der Waals surface area contributed by atoms with Crippen LogP contribution in [-0.4, -0.2) is 26.9 Å². The summed E-state index contributed by atoms with van der Waals surface area (Å²) in [6.45, 7) is 1.31. The Labute approximate surface area is 152 Å². The van der Waals surface area contributed by atoms with Crippen LogP contribution in [0.3, 0.4) is 0 Å². The molecular weight excluding hydrogens is 332 g/mol. The fourth-order valence-corrected chi connectivity index (χ4v) is 2.69. The maximum atomic E-state index is 5.91. The van der Waals surface area contributed by atoms with E-state index in [0.29, 0.717) is 18.2 Å². The summed E-state index contributed by atoms with van der Waals surface area (Å²) in [7, 11) is 1.66. The van der Waals surface area contributed by atoms with Gasteiger partial charge in [0.15, 0.2) is 5.11 Å². The summed E-state index contributed by atoms with van der Waals surface area (Å²) in [5, 5.41) is 4.61. The summed E-state index contributed by atoms with van der Waals surface area (Å²) >= 11 is 5.22. The number of aromatic nitrogens is 2. The first-order chi connectivity index (χ1) is 12.2. The van der Waals surface area contributed by atoms with Crippen molar-refractivity contribution in [3.05, 3.63) is 78.1 Å². The highest BCUT2D eigenvalue weighted by Crippen LogP contribution is 2.16. The van der Waals surface area contributed by atoms with Gasteiger partial charge in [0.05, 0.1) is 12.8 Å². The summed E-state index contributed by atoms with van der Waals surface area (Å²) in [6.07, 6.45) is 3.68. The van der Waals surface area contributed by atoms with E-state index in [9.17, 15) is 0 Å². The van der Waals surface area contributed by atoms with Crippen molar-refractivity contribution < 1.29 is 4.74 Å². The van der Waals surface area contributed by atoms with Crippen LogP contribution in [0.5, 0.6) is 5.75 Å². The fourth-order valence-electron chi connectivity index (χ4n) is 2.56. The lowest BCUT2D eigenvalue weighted by molar-refractivity contribution is 0.405. The molecule has 0 radical (unpaired) electrons. The molecule has 0 aliphatic heterocycles. The topological polar surface area (TPSA) is 56.3 Å². The fraction of sp³-hybridized carbons (Fsp3) is 0.158. The average molecular weight is 352 g/mol. The van der Waals surface area contributed by atoms with E-state index in [2.05, 4.69) is 17.2 Å². The van der Waals surface area contributed by atoms with Crippen LogP contribution in [0.1, 0.15) is 11.1 Å². The van der Waals surface area contributed by atoms with Crippen molar-refractivity contribution in [2.24, 2.45) is 5.73 Å². The molecule has 0 bridgehead atoms. The monoisotopic (exact) mass is 352 g/mol. The maximum Gasteiger partial charge on any atom is 0.166 e. The normalized spacial score (nSPS) is 10.4. The second-order valence-electron chi connectivity index (χ2n) is 5.66. The quantitative estimate of drug-likeness (QED) is 0.691. The van der Waals surface area contributed by atoms with E-state index in [-0.39, 0.29) is 0 Å². The molecule has 25 heavy (non-hydrogen) atoms. The van der Waals surface area contributed by atoms with Gasteiger partial charge in [0.2, 0.25) is 0 Å². The Morgan fingerprint density at radius 1 is 1.08 bits per heavy atom. The molecule has 5 nitrogen and oxygen atoms in total. The van der Waals surface area contributed by atoms with Crippen molar-refractivity contribution in [1.82, 2.24) is 14.7 Å². The molecule has 3 rings (SSSR count). The lowest BCUT2D eigenvalue weighted by Gasteiger charge is -2.23. The number of rotatable bonds is 6. The minimum atomic E-state index is 0.381. The smallest absolute Gasteiger partial charge is 0.166 e. The van der Waals surface area contributed by atoms with Gasteiger partial charge < -0.3 is 15.4 Å². The summed E-state index contributed by atoms with van der Waals surface area (Å²) in [6, 6.07) is 18.0. The van der Waals surface area contributed by atoms with Crippen molar-refractivity contribution in [2.75, 3.05) is 7.11 Å². The minimum Gasteiger partial charge on any atom is -0.497 e. The van der Waals surface area contributed by atoms with Crippen molar-refractivity contribution in [2.45, 2.75) is 13.1 Å². The average Bonchev–Trinajstić information content (AvgIpc) is 3.17. The van der Waals surface area contributed by atoms with Crippen LogP contribution in [-0.2, 0) is 13.1 Å². The highest BCUT2D eigenvalue weighted by atomic mass is 32.1. The van der Waals surface area contributed by atoms with Gasteiger partial charge in [0.25, 0.3) is 0 Å². The van der Waals surface area contributed by atoms with Crippen LogP contribution in [0.4, 0.5) is 0 Å². The molecule has 0 saturated carbocycles. The Kier molecular flexibility index (Phi) is 5.30. The second-order valence-corrected chi connectivity index (χ2v) is 6.08. The molecule has 2 aromatic carbocycles. The van der Waals surface area contributed by atoms with Gasteiger partial charge in [-0.05, 0) is 53.7 Å². The largest absolute Gasteiger partial charge is 0.497 e. The Hall–Kier alpha value is -2.86. The van der Waals surface area contributed by atoms with E-state index in [4.69, 9.17) is 22.7 Å². The molecule has 6 heteroatoms. The lowest BCUT2D eigenvalue weighted by atomic mass is 10.1. The van der Waals surface area contributed by atoms with E-state index in [1.165, 1.54) is 0 Å². The molecule has 0 aliphatic rings. The zero-order chi connectivity index (χ0) is 17.6. The zero-order valence-corrected chi connectivity index (χ0v) is 14.8. The van der Waals surface area contributed by atoms with Gasteiger partial charge in [-0.25, -0.2) is 4.68 Å². The van der Waals surface area contributed by atoms with Crippen molar-refractivity contribution >= 4 is 17.3 Å². The van der Waals surface area contributed by atoms with E-state index in [1.54, 1.807) is 13.3 Å². The van der Waals surface area contributed by atoms with Gasteiger partial charge in [0.1, 0.15) is 5.75 Å². The van der Waals surface area contributed by atoms with E-state index >= 15 is 0 Å². The molecular formula is C19H20N4OS. The van der Waals surface area contributed by atoms with Crippen molar-refractivity contribution in [3.8, 4) is 11.4 Å². The van der Waals surface area contributed by atoms with Crippen LogP contribution in [0.2, 0.25) is 0 Å². The molecule has 0 aliphatic carbocycles. The molecule has 1 aromatic heterocycles. The molecule has 0 spiro atoms. The Morgan fingerprint density at radius 3 is 2.16 bits per heavy atom. The third kappa shape index (κ3) is 4.36. The highest BCUT2D eigenvalue weighted by molar-refractivity contribution is 7.80. The number of hydrogen-bond acceptors (Lipinski definition) is 3. The number of ether oxygens (including phenoxy) is 1. The lowest BCUT2D eigenvalue weighted by Crippen LogP contribution is -2.34. The third-order valence-electron chi connectivity index (χ3n) is 3.92. The molecule has 3 aromatic rings. The maximum absolute atomic E-state index is 5.91. The number of hydrogen-bond donors (Lipinski definition) is 1. The Morgan fingerprint density at radius 2 is 1.68 bits per heavy atom. The minimum absolute atomic E-state index is 0.381. The van der Waals surface area contributed by atoms with E-state index in [1.807, 2.05) is 58.2 Å². The molecule has 2 N–H and O–H groups in total. The molecule has 0 unspecified atom stereocenters.